The van der Waals surface area contributed by atoms with Gasteiger partial charge in [0.05, 0.1) is 0 Å². The number of rotatable bonds is 4. The van der Waals surface area contributed by atoms with Crippen LogP contribution in [0.5, 0.6) is 0 Å². The summed E-state index contributed by atoms with van der Waals surface area (Å²) in [5.41, 5.74) is 6.20. The Bertz CT molecular complexity index is 528. The van der Waals surface area contributed by atoms with E-state index in [-0.39, 0.29) is 5.82 Å². The van der Waals surface area contributed by atoms with Gasteiger partial charge in [-0.05, 0) is 0 Å². The molecule has 0 aliphatic carbocycles. The number of carbonyl (C=O) groups is 1. The molecule has 1 saturated heterocycles. The zero-order chi connectivity index (χ0) is 15.6. The first kappa shape index (κ1) is 16.1. The number of nitrogens with zero attached hydrogens (tertiary/aromatic N) is 2. The Morgan fingerprint density at radius 1 is 1.62 bits per heavy atom. The second kappa shape index (κ2) is 6.22. The number of pyridine rings is 1. The maximum atomic E-state index is 12.7. The molecule has 21 heavy (non-hydrogen) atoms. The van der Waals surface area contributed by atoms with E-state index in [4.69, 9.17) is 8.80 Å². The number of hydrogen-bond acceptors (Lipinski definition) is 4. The van der Waals surface area contributed by atoms with Crippen molar-refractivity contribution in [3.8, 4) is 0 Å². The van der Waals surface area contributed by atoms with Crippen LogP contribution in [0.1, 0.15) is 9.61 Å². The van der Waals surface area contributed by atoms with E-state index in [1.165, 1.54) is 19.4 Å². The van der Waals surface area contributed by atoms with Crippen LogP contribution in [0.15, 0.2) is 18.3 Å². The molecule has 0 radical (unpaired) electrons. The first-order valence-electron chi connectivity index (χ1n) is 5.84. The fourth-order valence-electron chi connectivity index (χ4n) is 1.92. The minimum atomic E-state index is -4.47. The Kier molecular flexibility index (Phi) is 4.76. The van der Waals surface area contributed by atoms with Gasteiger partial charge in [-0.1, -0.05) is 0 Å². The van der Waals surface area contributed by atoms with Crippen LogP contribution in [0.25, 0.3) is 0 Å². The number of nitrogens with one attached hydrogen (secondary N) is 1. The van der Waals surface area contributed by atoms with Gasteiger partial charge in [0, 0.05) is 0 Å². The van der Waals surface area contributed by atoms with Crippen LogP contribution in [0.2, 0.25) is 0 Å². The van der Waals surface area contributed by atoms with E-state index < -0.39 is 50.5 Å². The first-order chi connectivity index (χ1) is 9.82. The van der Waals surface area contributed by atoms with Gasteiger partial charge < -0.3 is 0 Å². The number of nitrogens with two attached hydrogens (primary N) is 1. The Morgan fingerprint density at radius 2 is 2.33 bits per heavy atom. The van der Waals surface area contributed by atoms with Crippen LogP contribution in [-0.4, -0.2) is 41.8 Å². The molecule has 0 saturated carbocycles. The van der Waals surface area contributed by atoms with Gasteiger partial charge in [-0.3, -0.25) is 0 Å². The predicted molar refractivity (Wildman–Crippen MR) is 63.5 cm³/mol. The molecular weight excluding hydrogens is 404 g/mol. The van der Waals surface area contributed by atoms with Crippen molar-refractivity contribution in [2.45, 2.75) is 16.3 Å². The summed E-state index contributed by atoms with van der Waals surface area (Å²) >= 11 is -1.01. The zero-order valence-corrected chi connectivity index (χ0v) is 13.1. The second-order valence-corrected chi connectivity index (χ2v) is 6.86. The molecular formula is C11H13F3IN4O2-. The Morgan fingerprint density at radius 3 is 2.86 bits per heavy atom. The van der Waals surface area contributed by atoms with E-state index in [9.17, 15) is 18.0 Å². The van der Waals surface area contributed by atoms with Crippen LogP contribution in [0, 0.1) is 0 Å². The first-order valence-corrected chi connectivity index (χ1v) is 7.97. The van der Waals surface area contributed by atoms with Crippen LogP contribution in [-0.2, 0) is 3.07 Å². The molecule has 1 fully saturated rings. The van der Waals surface area contributed by atoms with Crippen molar-refractivity contribution in [1.82, 2.24) is 15.2 Å². The van der Waals surface area contributed by atoms with E-state index in [0.717, 1.165) is 4.90 Å². The molecule has 1 aliphatic rings. The summed E-state index contributed by atoms with van der Waals surface area (Å²) in [6.07, 6.45) is -3.02. The summed E-state index contributed by atoms with van der Waals surface area (Å²) in [7, 11) is 1.46. The van der Waals surface area contributed by atoms with Crippen molar-refractivity contribution in [2.75, 3.05) is 19.4 Å². The van der Waals surface area contributed by atoms with Crippen LogP contribution in [0.4, 0.5) is 23.8 Å². The molecule has 0 unspecified atom stereocenters. The van der Waals surface area contributed by atoms with Crippen molar-refractivity contribution in [1.29, 1.82) is 0 Å². The van der Waals surface area contributed by atoms with Gasteiger partial charge in [0.15, 0.2) is 0 Å². The van der Waals surface area contributed by atoms with Crippen molar-refractivity contribution in [3.63, 3.8) is 0 Å². The van der Waals surface area contributed by atoms with Gasteiger partial charge in [-0.15, -0.1) is 0 Å². The SMILES string of the molecule is CO[I-][C@@H](c1ccnc(N)c1)N1C[C@@H](C(F)(F)F)NC1=O. The number of urea groups is 1. The summed E-state index contributed by atoms with van der Waals surface area (Å²) in [4.78, 5) is 16.8. The van der Waals surface area contributed by atoms with Crippen molar-refractivity contribution < 1.29 is 42.7 Å². The summed E-state index contributed by atoms with van der Waals surface area (Å²) in [6, 6.07) is 0.535. The number of carbonyl (C=O) groups excluding carboxylic acids is 1. The molecule has 2 atom stereocenters. The topological polar surface area (TPSA) is 80.5 Å². The Balaban J connectivity index is 2.25. The average molecular weight is 417 g/mol. The van der Waals surface area contributed by atoms with Crippen molar-refractivity contribution in [3.05, 3.63) is 23.9 Å². The molecule has 0 aromatic carbocycles. The van der Waals surface area contributed by atoms with Gasteiger partial charge in [0.2, 0.25) is 0 Å². The molecule has 1 aromatic rings. The second-order valence-electron chi connectivity index (χ2n) is 4.29. The maximum absolute atomic E-state index is 12.7. The molecule has 1 aromatic heterocycles. The third-order valence-corrected chi connectivity index (χ3v) is 5.24. The molecule has 10 heteroatoms. The van der Waals surface area contributed by atoms with Crippen LogP contribution in [0.3, 0.4) is 0 Å². The summed E-state index contributed by atoms with van der Waals surface area (Å²) in [5.74, 6) is 0.240. The number of nitrogen functional groups attached to an aromatic ring is 1. The normalized spacial score (nSPS) is 20.7. The average Bonchev–Trinajstić information content (AvgIpc) is 2.78. The van der Waals surface area contributed by atoms with E-state index in [2.05, 4.69) is 4.98 Å². The van der Waals surface area contributed by atoms with Crippen molar-refractivity contribution in [2.24, 2.45) is 0 Å². The van der Waals surface area contributed by atoms with Gasteiger partial charge in [-0.25, -0.2) is 0 Å². The van der Waals surface area contributed by atoms with Crippen LogP contribution >= 0.6 is 0 Å². The summed E-state index contributed by atoms with van der Waals surface area (Å²) in [6.45, 7) is -0.446. The van der Waals surface area contributed by atoms with Gasteiger partial charge in [-0.2, -0.15) is 0 Å². The molecule has 3 N–H and O–H groups in total. The van der Waals surface area contributed by atoms with E-state index in [0.29, 0.717) is 5.56 Å². The number of aromatic nitrogens is 1. The number of alkyl halides is 4. The quantitative estimate of drug-likeness (QED) is 0.347. The molecule has 118 valence electrons. The number of amides is 2. The number of hydrogen-bond donors (Lipinski definition) is 2. The van der Waals surface area contributed by atoms with E-state index in [1.54, 1.807) is 6.07 Å². The van der Waals surface area contributed by atoms with Gasteiger partial charge in [0.25, 0.3) is 0 Å². The summed E-state index contributed by atoms with van der Waals surface area (Å²) in [5, 5.41) is 1.94. The molecule has 1 aliphatic heterocycles. The number of anilines is 1. The third kappa shape index (κ3) is 3.67. The molecule has 0 spiro atoms. The Labute approximate surface area is 129 Å². The van der Waals surface area contributed by atoms with E-state index >= 15 is 0 Å². The monoisotopic (exact) mass is 417 g/mol. The van der Waals surface area contributed by atoms with E-state index in [1.807, 2.05) is 5.32 Å². The van der Waals surface area contributed by atoms with Gasteiger partial charge >= 0.3 is 129 Å². The molecule has 0 bridgehead atoms. The van der Waals surface area contributed by atoms with Crippen LogP contribution < -0.4 is 32.7 Å². The minimum absolute atomic E-state index is 0.240. The van der Waals surface area contributed by atoms with Gasteiger partial charge in [0.1, 0.15) is 0 Å². The molecule has 2 rings (SSSR count). The van der Waals surface area contributed by atoms with Crippen molar-refractivity contribution >= 4 is 11.8 Å². The fourth-order valence-corrected chi connectivity index (χ4v) is 3.83. The zero-order valence-electron chi connectivity index (χ0n) is 10.9. The fraction of sp³-hybridized carbons (Fsp3) is 0.455. The number of halogens is 4. The Hall–Kier alpha value is -1.30. The predicted octanol–water partition coefficient (Wildman–Crippen LogP) is -1.73. The molecule has 6 nitrogen and oxygen atoms in total. The standard InChI is InChI=1S/C11H13F3IN4O2/c1-21-15-9(6-2-3-17-8(16)4-6)19-5-7(11(12,13)14)18-10(19)20/h2-4,7,9H,5H2,1H3,(H2,16,17)(H,18,20)/q-1/t7-,9+/m0/s1. The summed E-state index contributed by atoms with van der Waals surface area (Å²) < 4.78 is 42.8. The molecule has 2 amide bonds. The molecule has 2 heterocycles. The third-order valence-electron chi connectivity index (χ3n) is 2.86.